The van der Waals surface area contributed by atoms with Crippen LogP contribution in [-0.4, -0.2) is 16.8 Å². The Bertz CT molecular complexity index is 923. The molecular weight excluding hydrogens is 308 g/mol. The fourth-order valence-electron chi connectivity index (χ4n) is 3.74. The van der Waals surface area contributed by atoms with Crippen LogP contribution in [0.3, 0.4) is 0 Å². The van der Waals surface area contributed by atoms with Crippen LogP contribution in [0.15, 0.2) is 36.4 Å². The summed E-state index contributed by atoms with van der Waals surface area (Å²) in [6.45, 7) is 3.16. The number of carbonyl (C=O) groups excluding carboxylic acids is 2. The summed E-state index contributed by atoms with van der Waals surface area (Å²) in [6, 6.07) is 10.1. The predicted molar refractivity (Wildman–Crippen MR) is 86.4 cm³/mol. The summed E-state index contributed by atoms with van der Waals surface area (Å²) in [6.07, 6.45) is 0. The van der Waals surface area contributed by atoms with Crippen LogP contribution in [0, 0.1) is 6.92 Å². The fraction of sp³-hybridized carbons (Fsp3) is 0.222. The summed E-state index contributed by atoms with van der Waals surface area (Å²) in [4.78, 5) is 25.2. The van der Waals surface area contributed by atoms with Gasteiger partial charge in [0, 0.05) is 23.7 Å². The summed E-state index contributed by atoms with van der Waals surface area (Å²) >= 11 is 0. The molecule has 1 heterocycles. The molecule has 1 aliphatic carbocycles. The van der Waals surface area contributed by atoms with Gasteiger partial charge in [0.1, 0.15) is 5.75 Å². The van der Waals surface area contributed by atoms with Crippen molar-refractivity contribution in [3.8, 4) is 5.75 Å². The molecule has 0 aromatic heterocycles. The summed E-state index contributed by atoms with van der Waals surface area (Å²) < 4.78 is 5.79. The molecule has 1 amide bonds. The number of fused-ring (bicyclic) bond motifs is 5. The lowest BCUT2D eigenvalue weighted by Crippen LogP contribution is -2.59. The molecule has 0 spiro atoms. The summed E-state index contributed by atoms with van der Waals surface area (Å²) in [5.74, 6) is -2.60. The van der Waals surface area contributed by atoms with E-state index in [0.717, 1.165) is 5.56 Å². The molecule has 0 saturated heterocycles. The molecule has 4 rings (SSSR count). The fourth-order valence-corrected chi connectivity index (χ4v) is 3.74. The quantitative estimate of drug-likeness (QED) is 0.687. The van der Waals surface area contributed by atoms with Crippen molar-refractivity contribution < 1.29 is 19.4 Å². The number of benzene rings is 2. The van der Waals surface area contributed by atoms with Gasteiger partial charge in [0.25, 0.3) is 5.79 Å². The minimum absolute atomic E-state index is 0.181. The van der Waals surface area contributed by atoms with E-state index >= 15 is 0 Å². The molecule has 24 heavy (non-hydrogen) atoms. The largest absolute Gasteiger partial charge is 0.454 e. The van der Waals surface area contributed by atoms with E-state index in [0.29, 0.717) is 11.3 Å². The summed E-state index contributed by atoms with van der Waals surface area (Å²) in [5.41, 5.74) is 6.21. The third kappa shape index (κ3) is 1.48. The van der Waals surface area contributed by atoms with E-state index in [2.05, 4.69) is 5.32 Å². The van der Waals surface area contributed by atoms with Gasteiger partial charge in [-0.2, -0.15) is 0 Å². The zero-order valence-corrected chi connectivity index (χ0v) is 13.2. The number of nitrogens with one attached hydrogen (secondary N) is 1. The minimum atomic E-state index is -2.03. The van der Waals surface area contributed by atoms with Crippen LogP contribution in [0.2, 0.25) is 0 Å². The first-order chi connectivity index (χ1) is 11.3. The molecule has 6 nitrogen and oxygen atoms in total. The van der Waals surface area contributed by atoms with Gasteiger partial charge in [-0.05, 0) is 25.1 Å². The highest BCUT2D eigenvalue weighted by atomic mass is 16.6. The van der Waals surface area contributed by atoms with Crippen LogP contribution >= 0.6 is 0 Å². The molecule has 0 fully saturated rings. The third-order valence-electron chi connectivity index (χ3n) is 4.70. The van der Waals surface area contributed by atoms with Crippen molar-refractivity contribution >= 4 is 17.4 Å². The number of hydrogen-bond acceptors (Lipinski definition) is 5. The van der Waals surface area contributed by atoms with Gasteiger partial charge < -0.3 is 20.9 Å². The van der Waals surface area contributed by atoms with Gasteiger partial charge in [0.15, 0.2) is 0 Å². The van der Waals surface area contributed by atoms with Crippen molar-refractivity contribution in [2.75, 3.05) is 5.73 Å². The molecule has 0 unspecified atom stereocenters. The third-order valence-corrected chi connectivity index (χ3v) is 4.70. The van der Waals surface area contributed by atoms with Crippen molar-refractivity contribution in [1.29, 1.82) is 0 Å². The summed E-state index contributed by atoms with van der Waals surface area (Å²) in [7, 11) is 0. The number of carbonyl (C=O) groups is 2. The Morgan fingerprint density at radius 3 is 2.71 bits per heavy atom. The zero-order valence-electron chi connectivity index (χ0n) is 13.2. The molecule has 4 N–H and O–H groups in total. The number of anilines is 1. The number of nitrogen functional groups attached to an aromatic ring is 1. The number of aliphatic hydroxyl groups is 1. The number of nitrogens with two attached hydrogens (primary N) is 1. The van der Waals surface area contributed by atoms with Crippen molar-refractivity contribution in [2.24, 2.45) is 0 Å². The Hall–Kier alpha value is -2.86. The molecule has 122 valence electrons. The first kappa shape index (κ1) is 14.7. The van der Waals surface area contributed by atoms with E-state index in [1.165, 1.54) is 6.92 Å². The highest BCUT2D eigenvalue weighted by Gasteiger charge is 2.71. The first-order valence-corrected chi connectivity index (χ1v) is 7.56. The minimum Gasteiger partial charge on any atom is -0.454 e. The van der Waals surface area contributed by atoms with E-state index in [9.17, 15) is 14.7 Å². The normalized spacial score (nSPS) is 26.4. The second kappa shape index (κ2) is 4.36. The number of hydrogen-bond donors (Lipinski definition) is 3. The van der Waals surface area contributed by atoms with Crippen molar-refractivity contribution in [2.45, 2.75) is 25.2 Å². The van der Waals surface area contributed by atoms with Crippen molar-refractivity contribution in [3.63, 3.8) is 0 Å². The van der Waals surface area contributed by atoms with Crippen LogP contribution in [0.5, 0.6) is 5.75 Å². The SMILES string of the molecule is CC(=O)N[C@]12C(=O)c3c(N)cccc3[C@@]1(O)Oc1ccc(C)cc12. The number of Topliss-reactive ketones (excluding diaryl/α,β-unsaturated/α-hetero) is 1. The van der Waals surface area contributed by atoms with Crippen LogP contribution in [0.1, 0.15) is 34.0 Å². The Kier molecular flexibility index (Phi) is 2.67. The topological polar surface area (TPSA) is 102 Å². The smallest absolute Gasteiger partial charge is 0.271 e. The van der Waals surface area contributed by atoms with Gasteiger partial charge in [0.05, 0.1) is 5.56 Å². The van der Waals surface area contributed by atoms with Gasteiger partial charge >= 0.3 is 0 Å². The number of rotatable bonds is 1. The van der Waals surface area contributed by atoms with Crippen molar-refractivity contribution in [3.05, 3.63) is 58.7 Å². The molecular formula is C18H16N2O4. The van der Waals surface area contributed by atoms with Gasteiger partial charge in [-0.1, -0.05) is 23.8 Å². The molecule has 0 saturated carbocycles. The second-order valence-electron chi connectivity index (χ2n) is 6.28. The Labute approximate surface area is 138 Å². The first-order valence-electron chi connectivity index (χ1n) is 7.56. The number of aryl methyl sites for hydroxylation is 1. The standard InChI is InChI=1S/C18H16N2O4/c1-9-6-7-14-12(8-9)17(20-10(2)21)16(22)15-11(18(17,23)24-14)4-3-5-13(15)19/h3-8,23H,19H2,1-2H3,(H,20,21)/t17-,18-/m1/s1. The average Bonchev–Trinajstić information content (AvgIpc) is 2.86. The zero-order chi connectivity index (χ0) is 17.3. The molecule has 0 radical (unpaired) electrons. The van der Waals surface area contributed by atoms with Crippen LogP contribution in [0.25, 0.3) is 0 Å². The molecule has 0 bridgehead atoms. The lowest BCUT2D eigenvalue weighted by molar-refractivity contribution is -0.175. The highest BCUT2D eigenvalue weighted by molar-refractivity contribution is 6.15. The Balaban J connectivity index is 2.09. The van der Waals surface area contributed by atoms with Crippen molar-refractivity contribution in [1.82, 2.24) is 5.32 Å². The van der Waals surface area contributed by atoms with E-state index in [1.54, 1.807) is 30.3 Å². The second-order valence-corrected chi connectivity index (χ2v) is 6.28. The molecule has 6 heteroatoms. The number of ether oxygens (including phenoxy) is 1. The van der Waals surface area contributed by atoms with E-state index in [1.807, 2.05) is 13.0 Å². The lowest BCUT2D eigenvalue weighted by atomic mass is 9.82. The van der Waals surface area contributed by atoms with E-state index in [4.69, 9.17) is 10.5 Å². The van der Waals surface area contributed by atoms with E-state index < -0.39 is 23.0 Å². The van der Waals surface area contributed by atoms with Crippen LogP contribution in [0.4, 0.5) is 5.69 Å². The summed E-state index contributed by atoms with van der Waals surface area (Å²) in [5, 5.41) is 14.0. The van der Waals surface area contributed by atoms with Gasteiger partial charge in [-0.25, -0.2) is 0 Å². The van der Waals surface area contributed by atoms with Gasteiger partial charge in [-0.3, -0.25) is 9.59 Å². The molecule has 2 aromatic rings. The maximum atomic E-state index is 13.3. The van der Waals surface area contributed by atoms with Crippen LogP contribution in [-0.2, 0) is 16.1 Å². The predicted octanol–water partition coefficient (Wildman–Crippen LogP) is 1.34. The molecule has 2 aromatic carbocycles. The molecule has 1 aliphatic heterocycles. The molecule has 2 aliphatic rings. The van der Waals surface area contributed by atoms with Crippen LogP contribution < -0.4 is 15.8 Å². The van der Waals surface area contributed by atoms with E-state index in [-0.39, 0.29) is 16.8 Å². The average molecular weight is 324 g/mol. The highest BCUT2D eigenvalue weighted by Crippen LogP contribution is 2.58. The monoisotopic (exact) mass is 324 g/mol. The number of ketones is 1. The Morgan fingerprint density at radius 1 is 1.25 bits per heavy atom. The molecule has 2 atom stereocenters. The number of amides is 1. The maximum Gasteiger partial charge on any atom is 0.271 e. The van der Waals surface area contributed by atoms with Gasteiger partial charge in [0.2, 0.25) is 17.2 Å². The van der Waals surface area contributed by atoms with Gasteiger partial charge in [-0.15, -0.1) is 0 Å². The maximum absolute atomic E-state index is 13.3. The Morgan fingerprint density at radius 2 is 2.00 bits per heavy atom. The lowest BCUT2D eigenvalue weighted by Gasteiger charge is -2.34.